The lowest BCUT2D eigenvalue weighted by atomic mass is 9.77. The van der Waals surface area contributed by atoms with E-state index < -0.39 is 15.5 Å². The third-order valence-electron chi connectivity index (χ3n) is 3.32. The summed E-state index contributed by atoms with van der Waals surface area (Å²) in [7, 11) is -4.35. The number of hydrogen-bond acceptors (Lipinski definition) is 2. The Kier molecular flexibility index (Phi) is 3.56. The quantitative estimate of drug-likeness (QED) is 0.673. The molecule has 3 atom stereocenters. The van der Waals surface area contributed by atoms with Gasteiger partial charge in [-0.1, -0.05) is 27.2 Å². The third kappa shape index (κ3) is 2.69. The summed E-state index contributed by atoms with van der Waals surface area (Å²) in [6.07, 6.45) is 2.35. The Balaban J connectivity index is 2.85. The molecule has 0 spiro atoms. The second kappa shape index (κ2) is 4.17. The third-order valence-corrected chi connectivity index (χ3v) is 4.59. The maximum absolute atomic E-state index is 13.0. The summed E-state index contributed by atoms with van der Waals surface area (Å²) in [6.45, 7) is 5.94. The molecule has 0 heterocycles. The van der Waals surface area contributed by atoms with Crippen LogP contribution in [0.4, 0.5) is 3.89 Å². The maximum atomic E-state index is 13.0. The van der Waals surface area contributed by atoms with Crippen molar-refractivity contribution >= 4 is 10.2 Å². The normalized spacial score (nSPS) is 34.8. The van der Waals surface area contributed by atoms with Gasteiger partial charge in [-0.05, 0) is 30.6 Å². The van der Waals surface area contributed by atoms with Crippen LogP contribution in [0.1, 0.15) is 40.0 Å². The first kappa shape index (κ1) is 12.0. The van der Waals surface area contributed by atoms with Crippen molar-refractivity contribution in [1.29, 1.82) is 0 Å². The molecular formula is C10H19FO2S. The highest BCUT2D eigenvalue weighted by Crippen LogP contribution is 2.37. The first-order chi connectivity index (χ1) is 6.32. The molecule has 1 aliphatic rings. The van der Waals surface area contributed by atoms with E-state index >= 15 is 0 Å². The zero-order valence-corrected chi connectivity index (χ0v) is 9.85. The summed E-state index contributed by atoms with van der Waals surface area (Å²) in [5, 5.41) is -0.758. The summed E-state index contributed by atoms with van der Waals surface area (Å²) in [5.74, 6) is 0.583. The Hall–Kier alpha value is -0.120. The van der Waals surface area contributed by atoms with Gasteiger partial charge in [0.15, 0.2) is 0 Å². The molecule has 1 fully saturated rings. The fourth-order valence-corrected chi connectivity index (χ4v) is 3.86. The Labute approximate surface area is 86.1 Å². The average Bonchev–Trinajstić information content (AvgIpc) is 2.01. The molecule has 0 aliphatic heterocycles. The Morgan fingerprint density at radius 1 is 1.29 bits per heavy atom. The summed E-state index contributed by atoms with van der Waals surface area (Å²) >= 11 is 0. The highest BCUT2D eigenvalue weighted by atomic mass is 32.3. The lowest BCUT2D eigenvalue weighted by Gasteiger charge is -2.34. The molecule has 0 unspecified atom stereocenters. The standard InChI is InChI=1S/C10H19FO2S/c1-7(2)9-5-4-8(3)6-10(9)14(11,12)13/h7-10H,4-6H2,1-3H3/t8-,9+,10-/m1/s1. The van der Waals surface area contributed by atoms with Crippen molar-refractivity contribution in [1.82, 2.24) is 0 Å². The molecule has 2 nitrogen and oxygen atoms in total. The molecule has 0 aromatic heterocycles. The van der Waals surface area contributed by atoms with E-state index in [2.05, 4.69) is 0 Å². The summed E-state index contributed by atoms with van der Waals surface area (Å²) in [5.41, 5.74) is 0. The second-order valence-corrected chi connectivity index (χ2v) is 6.40. The molecule has 1 saturated carbocycles. The van der Waals surface area contributed by atoms with Crippen molar-refractivity contribution in [3.05, 3.63) is 0 Å². The number of halogens is 1. The zero-order chi connectivity index (χ0) is 10.9. The van der Waals surface area contributed by atoms with Crippen LogP contribution in [0.5, 0.6) is 0 Å². The van der Waals surface area contributed by atoms with Crippen molar-refractivity contribution in [3.8, 4) is 0 Å². The minimum absolute atomic E-state index is 0.00111. The van der Waals surface area contributed by atoms with Gasteiger partial charge < -0.3 is 0 Å². The van der Waals surface area contributed by atoms with E-state index in [1.54, 1.807) is 0 Å². The fraction of sp³-hybridized carbons (Fsp3) is 1.00. The van der Waals surface area contributed by atoms with Gasteiger partial charge in [-0.3, -0.25) is 0 Å². The Morgan fingerprint density at radius 3 is 2.29 bits per heavy atom. The van der Waals surface area contributed by atoms with Gasteiger partial charge in [0.05, 0.1) is 5.25 Å². The van der Waals surface area contributed by atoms with Crippen molar-refractivity contribution in [2.45, 2.75) is 45.3 Å². The van der Waals surface area contributed by atoms with Gasteiger partial charge in [0.2, 0.25) is 0 Å². The van der Waals surface area contributed by atoms with Gasteiger partial charge in [-0.2, -0.15) is 8.42 Å². The number of hydrogen-bond donors (Lipinski definition) is 0. The predicted octanol–water partition coefficient (Wildman–Crippen LogP) is 2.75. The summed E-state index contributed by atoms with van der Waals surface area (Å²) in [6, 6.07) is 0. The monoisotopic (exact) mass is 222 g/mol. The van der Waals surface area contributed by atoms with Crippen LogP contribution in [-0.4, -0.2) is 13.7 Å². The van der Waals surface area contributed by atoms with Gasteiger partial charge in [0.1, 0.15) is 0 Å². The van der Waals surface area contributed by atoms with Crippen molar-refractivity contribution in [2.75, 3.05) is 0 Å². The predicted molar refractivity (Wildman–Crippen MR) is 55.2 cm³/mol. The van der Waals surface area contributed by atoms with Crippen LogP contribution in [-0.2, 0) is 10.2 Å². The molecule has 0 amide bonds. The first-order valence-corrected chi connectivity index (χ1v) is 6.70. The molecular weight excluding hydrogens is 203 g/mol. The molecule has 0 aromatic carbocycles. The molecule has 1 rings (SSSR count). The molecule has 0 N–H and O–H groups in total. The topological polar surface area (TPSA) is 34.1 Å². The molecule has 4 heteroatoms. The Bertz CT molecular complexity index is 284. The smallest absolute Gasteiger partial charge is 0.195 e. The van der Waals surface area contributed by atoms with Gasteiger partial charge in [0.25, 0.3) is 0 Å². The van der Waals surface area contributed by atoms with Crippen LogP contribution in [0.15, 0.2) is 0 Å². The van der Waals surface area contributed by atoms with Gasteiger partial charge in [-0.25, -0.2) is 0 Å². The van der Waals surface area contributed by atoms with Crippen LogP contribution < -0.4 is 0 Å². The summed E-state index contributed by atoms with van der Waals surface area (Å²) in [4.78, 5) is 0. The molecule has 0 aromatic rings. The molecule has 84 valence electrons. The largest absolute Gasteiger partial charge is 0.305 e. The van der Waals surface area contributed by atoms with E-state index in [4.69, 9.17) is 0 Å². The van der Waals surface area contributed by atoms with E-state index in [9.17, 15) is 12.3 Å². The molecule has 0 radical (unpaired) electrons. The molecule has 0 saturated heterocycles. The lowest BCUT2D eigenvalue weighted by molar-refractivity contribution is 0.233. The minimum atomic E-state index is -4.35. The van der Waals surface area contributed by atoms with E-state index in [0.29, 0.717) is 12.3 Å². The van der Waals surface area contributed by atoms with Crippen molar-refractivity contribution in [2.24, 2.45) is 17.8 Å². The van der Waals surface area contributed by atoms with Crippen LogP contribution in [0.2, 0.25) is 0 Å². The first-order valence-electron chi connectivity index (χ1n) is 5.26. The fourth-order valence-electron chi connectivity index (χ4n) is 2.44. The van der Waals surface area contributed by atoms with Gasteiger partial charge in [-0.15, -0.1) is 3.89 Å². The van der Waals surface area contributed by atoms with Crippen molar-refractivity contribution in [3.63, 3.8) is 0 Å². The van der Waals surface area contributed by atoms with E-state index in [-0.39, 0.29) is 11.8 Å². The minimum Gasteiger partial charge on any atom is -0.195 e. The van der Waals surface area contributed by atoms with Crippen LogP contribution in [0, 0.1) is 17.8 Å². The maximum Gasteiger partial charge on any atom is 0.305 e. The van der Waals surface area contributed by atoms with Crippen LogP contribution >= 0.6 is 0 Å². The molecule has 0 bridgehead atoms. The second-order valence-electron chi connectivity index (χ2n) is 4.84. The zero-order valence-electron chi connectivity index (χ0n) is 9.03. The van der Waals surface area contributed by atoms with E-state index in [0.717, 1.165) is 12.8 Å². The van der Waals surface area contributed by atoms with E-state index in [1.165, 1.54) is 0 Å². The highest BCUT2D eigenvalue weighted by molar-refractivity contribution is 7.87. The summed E-state index contributed by atoms with van der Waals surface area (Å²) < 4.78 is 35.0. The lowest BCUT2D eigenvalue weighted by Crippen LogP contribution is -2.36. The van der Waals surface area contributed by atoms with E-state index in [1.807, 2.05) is 20.8 Å². The van der Waals surface area contributed by atoms with Gasteiger partial charge in [0, 0.05) is 0 Å². The number of rotatable bonds is 2. The highest BCUT2D eigenvalue weighted by Gasteiger charge is 2.39. The van der Waals surface area contributed by atoms with Crippen LogP contribution in [0.25, 0.3) is 0 Å². The Morgan fingerprint density at radius 2 is 1.86 bits per heavy atom. The van der Waals surface area contributed by atoms with Crippen LogP contribution in [0.3, 0.4) is 0 Å². The van der Waals surface area contributed by atoms with Crippen molar-refractivity contribution < 1.29 is 12.3 Å². The van der Waals surface area contributed by atoms with Gasteiger partial charge >= 0.3 is 10.2 Å². The SMILES string of the molecule is CC(C)[C@@H]1CC[C@@H](C)C[C@H]1S(=O)(=O)F. The average molecular weight is 222 g/mol. The molecule has 14 heavy (non-hydrogen) atoms. The molecule has 1 aliphatic carbocycles.